The summed E-state index contributed by atoms with van der Waals surface area (Å²) in [6, 6.07) is 33.4. The maximum atomic E-state index is 11.3. The van der Waals surface area contributed by atoms with Crippen LogP contribution in [0.15, 0.2) is 103 Å². The van der Waals surface area contributed by atoms with Gasteiger partial charge < -0.3 is 15.5 Å². The molecule has 3 N–H and O–H groups in total. The summed E-state index contributed by atoms with van der Waals surface area (Å²) in [4.78, 5) is 11.3. The SMILES string of the molecule is O=C(O)c1ccc(O)c(NCc2ccccc2P(c2ccccc2)c2ccccc2)c1. The molecule has 4 aromatic carbocycles. The lowest BCUT2D eigenvalue weighted by molar-refractivity contribution is 0.0697. The molecule has 154 valence electrons. The van der Waals surface area contributed by atoms with E-state index in [4.69, 9.17) is 0 Å². The van der Waals surface area contributed by atoms with Crippen LogP contribution in [0.3, 0.4) is 0 Å². The number of anilines is 1. The first kappa shape index (κ1) is 20.6. The van der Waals surface area contributed by atoms with Crippen LogP contribution in [0.5, 0.6) is 5.75 Å². The molecule has 0 bridgehead atoms. The summed E-state index contributed by atoms with van der Waals surface area (Å²) < 4.78 is 0. The first-order valence-corrected chi connectivity index (χ1v) is 11.3. The molecular weight excluding hydrogens is 405 g/mol. The molecule has 0 spiro atoms. The molecule has 5 heteroatoms. The van der Waals surface area contributed by atoms with Gasteiger partial charge in [0.15, 0.2) is 0 Å². The van der Waals surface area contributed by atoms with Crippen LogP contribution in [0.1, 0.15) is 15.9 Å². The third-order valence-corrected chi connectivity index (χ3v) is 7.52. The zero-order chi connectivity index (χ0) is 21.6. The lowest BCUT2D eigenvalue weighted by atomic mass is 10.1. The normalized spacial score (nSPS) is 10.7. The molecule has 0 aliphatic heterocycles. The van der Waals surface area contributed by atoms with Crippen molar-refractivity contribution in [3.05, 3.63) is 114 Å². The molecule has 0 heterocycles. The molecule has 4 aromatic rings. The van der Waals surface area contributed by atoms with Crippen molar-refractivity contribution in [2.75, 3.05) is 5.32 Å². The lowest BCUT2D eigenvalue weighted by Crippen LogP contribution is -2.24. The molecule has 0 radical (unpaired) electrons. The molecule has 0 amide bonds. The minimum Gasteiger partial charge on any atom is -0.506 e. The second-order valence-corrected chi connectivity index (χ2v) is 9.21. The van der Waals surface area contributed by atoms with Crippen LogP contribution in [-0.2, 0) is 6.54 Å². The molecule has 31 heavy (non-hydrogen) atoms. The molecule has 0 aromatic heterocycles. The number of hydrogen-bond donors (Lipinski definition) is 3. The summed E-state index contributed by atoms with van der Waals surface area (Å²) in [5.74, 6) is -1.00. The summed E-state index contributed by atoms with van der Waals surface area (Å²) >= 11 is 0. The number of hydrogen-bond acceptors (Lipinski definition) is 3. The Hall–Kier alpha value is -3.62. The smallest absolute Gasteiger partial charge is 0.335 e. The molecule has 0 unspecified atom stereocenters. The van der Waals surface area contributed by atoms with E-state index in [2.05, 4.69) is 66.0 Å². The predicted octanol–water partition coefficient (Wildman–Crippen LogP) is 4.46. The predicted molar refractivity (Wildman–Crippen MR) is 128 cm³/mol. The van der Waals surface area contributed by atoms with E-state index in [-0.39, 0.29) is 11.3 Å². The summed E-state index contributed by atoms with van der Waals surface area (Å²) in [5, 5.41) is 26.4. The number of nitrogens with one attached hydrogen (secondary N) is 1. The third-order valence-electron chi connectivity index (χ3n) is 4.97. The van der Waals surface area contributed by atoms with Gasteiger partial charge in [-0.25, -0.2) is 4.79 Å². The minimum atomic E-state index is -1.03. The minimum absolute atomic E-state index is 0.0239. The van der Waals surface area contributed by atoms with Gasteiger partial charge in [0.2, 0.25) is 0 Å². The average Bonchev–Trinajstić information content (AvgIpc) is 2.81. The number of carbonyl (C=O) groups is 1. The standard InChI is InChI=1S/C26H22NO3P/c28-24-16-15-19(26(29)30)17-23(24)27-18-20-9-7-8-14-25(20)31(21-10-3-1-4-11-21)22-12-5-2-6-13-22/h1-17,27-28H,18H2,(H,29,30). The van der Waals surface area contributed by atoms with E-state index < -0.39 is 13.9 Å². The summed E-state index contributed by atoms with van der Waals surface area (Å²) in [5.41, 5.74) is 1.63. The number of aromatic carboxylic acids is 1. The Morgan fingerprint density at radius 2 is 1.35 bits per heavy atom. The first-order valence-electron chi connectivity index (χ1n) is 9.92. The van der Waals surface area contributed by atoms with Gasteiger partial charge in [-0.2, -0.15) is 0 Å². The van der Waals surface area contributed by atoms with Crippen molar-refractivity contribution in [2.24, 2.45) is 0 Å². The summed E-state index contributed by atoms with van der Waals surface area (Å²) in [7, 11) is -0.768. The Morgan fingerprint density at radius 3 is 1.97 bits per heavy atom. The van der Waals surface area contributed by atoms with Crippen molar-refractivity contribution < 1.29 is 15.0 Å². The maximum absolute atomic E-state index is 11.3. The van der Waals surface area contributed by atoms with Crippen molar-refractivity contribution >= 4 is 35.5 Å². The molecule has 0 saturated carbocycles. The zero-order valence-corrected chi connectivity index (χ0v) is 17.7. The summed E-state index contributed by atoms with van der Waals surface area (Å²) in [6.45, 7) is 0.464. The quantitative estimate of drug-likeness (QED) is 0.301. The Labute approximate surface area is 182 Å². The highest BCUT2D eigenvalue weighted by atomic mass is 31.1. The molecule has 0 fully saturated rings. The fraction of sp³-hybridized carbons (Fsp3) is 0.0385. The molecule has 0 saturated heterocycles. The number of carboxylic acids is 1. The topological polar surface area (TPSA) is 69.6 Å². The van der Waals surface area contributed by atoms with Crippen LogP contribution in [0.2, 0.25) is 0 Å². The molecule has 0 aliphatic carbocycles. The maximum Gasteiger partial charge on any atom is 0.335 e. The highest BCUT2D eigenvalue weighted by molar-refractivity contribution is 7.79. The van der Waals surface area contributed by atoms with Gasteiger partial charge in [-0.1, -0.05) is 84.9 Å². The van der Waals surface area contributed by atoms with E-state index in [1.54, 1.807) is 0 Å². The highest BCUT2D eigenvalue weighted by Gasteiger charge is 2.19. The number of phenols is 1. The molecule has 4 rings (SSSR count). The van der Waals surface area contributed by atoms with Crippen molar-refractivity contribution in [3.63, 3.8) is 0 Å². The number of aromatic hydroxyl groups is 1. The molecule has 4 nitrogen and oxygen atoms in total. The Bertz CT molecular complexity index is 1140. The van der Waals surface area contributed by atoms with Gasteiger partial charge in [-0.05, 0) is 47.6 Å². The second kappa shape index (κ2) is 9.46. The van der Waals surface area contributed by atoms with E-state index in [9.17, 15) is 15.0 Å². The number of rotatable bonds is 7. The third kappa shape index (κ3) is 4.76. The van der Waals surface area contributed by atoms with E-state index in [0.717, 1.165) is 5.56 Å². The van der Waals surface area contributed by atoms with E-state index in [0.29, 0.717) is 12.2 Å². The van der Waals surface area contributed by atoms with Gasteiger partial charge >= 0.3 is 5.97 Å². The molecule has 0 aliphatic rings. The Balaban J connectivity index is 1.71. The Kier molecular flexibility index (Phi) is 6.30. The summed E-state index contributed by atoms with van der Waals surface area (Å²) in [6.07, 6.45) is 0. The lowest BCUT2D eigenvalue weighted by Gasteiger charge is -2.22. The van der Waals surface area contributed by atoms with Gasteiger partial charge in [0.25, 0.3) is 0 Å². The van der Waals surface area contributed by atoms with Crippen molar-refractivity contribution in [1.29, 1.82) is 0 Å². The van der Waals surface area contributed by atoms with E-state index in [1.165, 1.54) is 34.1 Å². The number of carboxylic acid groups (broad SMARTS) is 1. The van der Waals surface area contributed by atoms with Crippen LogP contribution < -0.4 is 21.2 Å². The molecule has 0 atom stereocenters. The van der Waals surface area contributed by atoms with Gasteiger partial charge in [0.1, 0.15) is 5.75 Å². The second-order valence-electron chi connectivity index (χ2n) is 7.03. The van der Waals surface area contributed by atoms with Crippen LogP contribution >= 0.6 is 7.92 Å². The average molecular weight is 427 g/mol. The van der Waals surface area contributed by atoms with Gasteiger partial charge in [-0.3, -0.25) is 0 Å². The van der Waals surface area contributed by atoms with Crippen LogP contribution in [-0.4, -0.2) is 16.2 Å². The number of phenolic OH excluding ortho intramolecular Hbond substituents is 1. The van der Waals surface area contributed by atoms with Crippen molar-refractivity contribution in [3.8, 4) is 5.75 Å². The van der Waals surface area contributed by atoms with E-state index >= 15 is 0 Å². The first-order chi connectivity index (χ1) is 15.1. The van der Waals surface area contributed by atoms with Crippen LogP contribution in [0.25, 0.3) is 0 Å². The van der Waals surface area contributed by atoms with Crippen LogP contribution in [0.4, 0.5) is 5.69 Å². The van der Waals surface area contributed by atoms with Gasteiger partial charge in [0.05, 0.1) is 11.3 Å². The largest absolute Gasteiger partial charge is 0.506 e. The van der Waals surface area contributed by atoms with Crippen molar-refractivity contribution in [2.45, 2.75) is 6.54 Å². The Morgan fingerprint density at radius 1 is 0.774 bits per heavy atom. The monoisotopic (exact) mass is 427 g/mol. The van der Waals surface area contributed by atoms with E-state index in [1.807, 2.05) is 24.3 Å². The van der Waals surface area contributed by atoms with Crippen LogP contribution in [0, 0.1) is 0 Å². The highest BCUT2D eigenvalue weighted by Crippen LogP contribution is 2.34. The number of benzene rings is 4. The molecular formula is C26H22NO3P. The zero-order valence-electron chi connectivity index (χ0n) is 16.8. The van der Waals surface area contributed by atoms with Gasteiger partial charge in [-0.15, -0.1) is 0 Å². The van der Waals surface area contributed by atoms with Crippen molar-refractivity contribution in [1.82, 2.24) is 0 Å². The van der Waals surface area contributed by atoms with Gasteiger partial charge in [0, 0.05) is 6.54 Å². The fourth-order valence-corrected chi connectivity index (χ4v) is 5.93. The fourth-order valence-electron chi connectivity index (χ4n) is 3.46.